The number of pyridine rings is 1. The maximum Gasteiger partial charge on any atom is 0.159 e. The van der Waals surface area contributed by atoms with E-state index >= 15 is 0 Å². The van der Waals surface area contributed by atoms with Crippen LogP contribution in [0.2, 0.25) is 0 Å². The van der Waals surface area contributed by atoms with Crippen molar-refractivity contribution in [1.82, 2.24) is 14.3 Å². The summed E-state index contributed by atoms with van der Waals surface area (Å²) in [5.74, 6) is 0.456. The summed E-state index contributed by atoms with van der Waals surface area (Å²) in [5.41, 5.74) is 4.09. The molecule has 0 saturated carbocycles. The molecular formula is C22H16N6. The molecule has 0 fully saturated rings. The molecule has 4 aromatic rings. The highest BCUT2D eigenvalue weighted by Crippen LogP contribution is 2.38. The fourth-order valence-corrected chi connectivity index (χ4v) is 3.27. The minimum Gasteiger partial charge on any atom is -0.369 e. The van der Waals surface area contributed by atoms with Gasteiger partial charge in [-0.1, -0.05) is 42.5 Å². The predicted molar refractivity (Wildman–Crippen MR) is 109 cm³/mol. The Morgan fingerprint density at radius 3 is 2.32 bits per heavy atom. The highest BCUT2D eigenvalue weighted by atomic mass is 15.1. The van der Waals surface area contributed by atoms with Gasteiger partial charge in [0, 0.05) is 19.7 Å². The Hall–Kier alpha value is -4.16. The van der Waals surface area contributed by atoms with Crippen LogP contribution in [-0.2, 0) is 0 Å². The van der Waals surface area contributed by atoms with Crippen molar-refractivity contribution in [2.45, 2.75) is 0 Å². The molecule has 0 bridgehead atoms. The molecule has 0 amide bonds. The molecule has 4 rings (SSSR count). The average molecular weight is 364 g/mol. The first-order chi connectivity index (χ1) is 13.7. The largest absolute Gasteiger partial charge is 0.369 e. The zero-order chi connectivity index (χ0) is 19.7. The Morgan fingerprint density at radius 1 is 0.964 bits per heavy atom. The van der Waals surface area contributed by atoms with E-state index in [0.29, 0.717) is 28.2 Å². The molecule has 0 saturated heterocycles. The third-order valence-electron chi connectivity index (χ3n) is 4.42. The minimum absolute atomic E-state index is 0.344. The number of imidazole rings is 1. The van der Waals surface area contributed by atoms with Gasteiger partial charge < -0.3 is 4.90 Å². The molecule has 0 unspecified atom stereocenters. The first-order valence-electron chi connectivity index (χ1n) is 8.69. The first-order valence-corrected chi connectivity index (χ1v) is 8.69. The lowest BCUT2D eigenvalue weighted by atomic mass is 9.96. The van der Waals surface area contributed by atoms with Gasteiger partial charge in [0.25, 0.3) is 0 Å². The molecule has 2 heterocycles. The fraction of sp³-hybridized carbons (Fsp3) is 0.0909. The Bertz CT molecular complexity index is 1300. The normalized spacial score (nSPS) is 11.0. The number of fused-ring (bicyclic) bond motifs is 3. The monoisotopic (exact) mass is 364 g/mol. The van der Waals surface area contributed by atoms with Crippen molar-refractivity contribution in [2.75, 3.05) is 14.1 Å². The van der Waals surface area contributed by atoms with Crippen LogP contribution in [0.5, 0.6) is 0 Å². The summed E-state index contributed by atoms with van der Waals surface area (Å²) in [4.78, 5) is 11.1. The standard InChI is InChI=1S/C22H16N6/c1-27(2)14-25-21-16(12-23)20(15-8-4-3-5-9-15)17(13-24)22-26-18-10-6-7-11-19(18)28(21)22/h3-11,14H,1-2H3/b25-14+. The number of hydrogen-bond acceptors (Lipinski definition) is 4. The van der Waals surface area contributed by atoms with Gasteiger partial charge in [0.2, 0.25) is 0 Å². The van der Waals surface area contributed by atoms with Crippen LogP contribution in [0, 0.1) is 22.7 Å². The molecule has 0 atom stereocenters. The molecule has 0 aliphatic carbocycles. The lowest BCUT2D eigenvalue weighted by molar-refractivity contribution is 0.643. The van der Waals surface area contributed by atoms with Crippen LogP contribution in [0.3, 0.4) is 0 Å². The van der Waals surface area contributed by atoms with Gasteiger partial charge in [0.1, 0.15) is 23.3 Å². The van der Waals surface area contributed by atoms with Crippen LogP contribution in [0.1, 0.15) is 11.1 Å². The Balaban J connectivity index is 2.26. The van der Waals surface area contributed by atoms with Crippen LogP contribution in [0.15, 0.2) is 59.6 Å². The van der Waals surface area contributed by atoms with Gasteiger partial charge in [0.05, 0.1) is 17.4 Å². The van der Waals surface area contributed by atoms with Gasteiger partial charge in [-0.2, -0.15) is 10.5 Å². The number of para-hydroxylation sites is 2. The van der Waals surface area contributed by atoms with Crippen molar-refractivity contribution in [3.63, 3.8) is 0 Å². The predicted octanol–water partition coefficient (Wildman–Crippen LogP) is 4.12. The van der Waals surface area contributed by atoms with Crippen LogP contribution in [0.25, 0.3) is 27.8 Å². The van der Waals surface area contributed by atoms with Gasteiger partial charge in [-0.15, -0.1) is 0 Å². The second kappa shape index (κ2) is 6.86. The number of rotatable bonds is 3. The summed E-state index contributed by atoms with van der Waals surface area (Å²) in [7, 11) is 3.72. The summed E-state index contributed by atoms with van der Waals surface area (Å²) >= 11 is 0. The van der Waals surface area contributed by atoms with E-state index in [1.807, 2.05) is 68.7 Å². The summed E-state index contributed by atoms with van der Waals surface area (Å²) in [6.45, 7) is 0. The molecule has 28 heavy (non-hydrogen) atoms. The third-order valence-corrected chi connectivity index (χ3v) is 4.42. The lowest BCUT2D eigenvalue weighted by Gasteiger charge is -2.13. The van der Waals surface area contributed by atoms with E-state index in [1.165, 1.54) is 0 Å². The molecule has 6 nitrogen and oxygen atoms in total. The maximum atomic E-state index is 10.0. The van der Waals surface area contributed by atoms with Gasteiger partial charge in [-0.25, -0.2) is 9.98 Å². The topological polar surface area (TPSA) is 80.5 Å². The number of nitrogens with zero attached hydrogens (tertiary/aromatic N) is 6. The van der Waals surface area contributed by atoms with E-state index in [4.69, 9.17) is 0 Å². The minimum atomic E-state index is 0.344. The molecular weight excluding hydrogens is 348 g/mol. The third kappa shape index (κ3) is 2.65. The zero-order valence-electron chi connectivity index (χ0n) is 15.5. The molecule has 0 radical (unpaired) electrons. The summed E-state index contributed by atoms with van der Waals surface area (Å²) in [6.07, 6.45) is 1.64. The second-order valence-corrected chi connectivity index (χ2v) is 6.51. The molecule has 0 spiro atoms. The van der Waals surface area contributed by atoms with E-state index in [2.05, 4.69) is 22.1 Å². The Kier molecular flexibility index (Phi) is 4.23. The van der Waals surface area contributed by atoms with Crippen LogP contribution in [-0.4, -0.2) is 34.7 Å². The van der Waals surface area contributed by atoms with Crippen molar-refractivity contribution in [1.29, 1.82) is 10.5 Å². The number of nitriles is 2. The number of hydrogen-bond donors (Lipinski definition) is 0. The number of aromatic nitrogens is 2. The molecule has 2 aromatic carbocycles. The highest BCUT2D eigenvalue weighted by molar-refractivity contribution is 5.93. The zero-order valence-corrected chi connectivity index (χ0v) is 15.5. The average Bonchev–Trinajstić information content (AvgIpc) is 3.10. The van der Waals surface area contributed by atoms with E-state index in [1.54, 1.807) is 15.6 Å². The summed E-state index contributed by atoms with van der Waals surface area (Å²) < 4.78 is 1.79. The molecule has 0 aliphatic rings. The SMILES string of the molecule is CN(C)/C=N/c1c(C#N)c(-c2ccccc2)c(C#N)c2nc3ccccc3n12. The van der Waals surface area contributed by atoms with Gasteiger partial charge in [0.15, 0.2) is 11.5 Å². The first kappa shape index (κ1) is 17.3. The lowest BCUT2D eigenvalue weighted by Crippen LogP contribution is -2.08. The van der Waals surface area contributed by atoms with Crippen molar-refractivity contribution in [3.8, 4) is 23.3 Å². The van der Waals surface area contributed by atoms with E-state index < -0.39 is 0 Å². The molecule has 0 aliphatic heterocycles. The molecule has 2 aromatic heterocycles. The molecule has 0 N–H and O–H groups in total. The molecule has 134 valence electrons. The van der Waals surface area contributed by atoms with Crippen LogP contribution >= 0.6 is 0 Å². The van der Waals surface area contributed by atoms with Crippen molar-refractivity contribution < 1.29 is 0 Å². The van der Waals surface area contributed by atoms with Crippen molar-refractivity contribution in [2.24, 2.45) is 4.99 Å². The highest BCUT2D eigenvalue weighted by Gasteiger charge is 2.23. The number of benzene rings is 2. The fourth-order valence-electron chi connectivity index (χ4n) is 3.27. The second-order valence-electron chi connectivity index (χ2n) is 6.51. The Morgan fingerprint density at radius 2 is 1.64 bits per heavy atom. The van der Waals surface area contributed by atoms with Crippen molar-refractivity contribution >= 4 is 28.8 Å². The smallest absolute Gasteiger partial charge is 0.159 e. The van der Waals surface area contributed by atoms with Crippen LogP contribution < -0.4 is 0 Å². The van der Waals surface area contributed by atoms with Crippen molar-refractivity contribution in [3.05, 3.63) is 65.7 Å². The van der Waals surface area contributed by atoms with E-state index in [9.17, 15) is 10.5 Å². The summed E-state index contributed by atoms with van der Waals surface area (Å²) in [5, 5.41) is 20.0. The Labute approximate surface area is 162 Å². The number of aliphatic imine (C=N–C) groups is 1. The van der Waals surface area contributed by atoms with E-state index in [-0.39, 0.29) is 0 Å². The van der Waals surface area contributed by atoms with Gasteiger partial charge >= 0.3 is 0 Å². The van der Waals surface area contributed by atoms with Crippen LogP contribution in [0.4, 0.5) is 5.82 Å². The van der Waals surface area contributed by atoms with E-state index in [0.717, 1.165) is 16.6 Å². The van der Waals surface area contributed by atoms with Gasteiger partial charge in [-0.05, 0) is 17.7 Å². The summed E-state index contributed by atoms with van der Waals surface area (Å²) in [6, 6.07) is 21.6. The maximum absolute atomic E-state index is 10.0. The quantitative estimate of drug-likeness (QED) is 0.404. The van der Waals surface area contributed by atoms with Gasteiger partial charge in [-0.3, -0.25) is 4.40 Å². The molecule has 6 heteroatoms.